The first kappa shape index (κ1) is 21.2. The van der Waals surface area contributed by atoms with Crippen molar-refractivity contribution in [1.82, 2.24) is 5.32 Å². The number of anilines is 1. The number of nitrogens with zero attached hydrogens (tertiary/aromatic N) is 1. The maximum atomic E-state index is 12.6. The predicted octanol–water partition coefficient (Wildman–Crippen LogP) is 5.18. The van der Waals surface area contributed by atoms with Gasteiger partial charge in [0.1, 0.15) is 5.75 Å². The van der Waals surface area contributed by atoms with Crippen molar-refractivity contribution in [3.63, 3.8) is 0 Å². The number of nitrogens with one attached hydrogen (secondary N) is 1. The SMILES string of the molecule is Cc1ccc(O[C@H](C)C(=O)N[C@@H](C)c2ccc(N3CCC[C@H](C)C3)cc2)cc1C. The van der Waals surface area contributed by atoms with Gasteiger partial charge in [0, 0.05) is 18.8 Å². The van der Waals surface area contributed by atoms with E-state index in [2.05, 4.69) is 48.3 Å². The Morgan fingerprint density at radius 1 is 1.10 bits per heavy atom. The summed E-state index contributed by atoms with van der Waals surface area (Å²) in [5.74, 6) is 1.37. The molecule has 1 aliphatic rings. The maximum absolute atomic E-state index is 12.6. The van der Waals surface area contributed by atoms with Gasteiger partial charge in [0.25, 0.3) is 5.91 Å². The Morgan fingerprint density at radius 3 is 2.48 bits per heavy atom. The van der Waals surface area contributed by atoms with Crippen LogP contribution in [0, 0.1) is 19.8 Å². The van der Waals surface area contributed by atoms with Gasteiger partial charge in [-0.1, -0.05) is 25.1 Å². The average molecular weight is 395 g/mol. The summed E-state index contributed by atoms with van der Waals surface area (Å²) in [6, 6.07) is 14.4. The summed E-state index contributed by atoms with van der Waals surface area (Å²) in [6.45, 7) is 12.5. The van der Waals surface area contributed by atoms with Crippen molar-refractivity contribution in [2.45, 2.75) is 59.6 Å². The molecule has 0 radical (unpaired) electrons. The molecule has 0 unspecified atom stereocenters. The van der Waals surface area contributed by atoms with Crippen LogP contribution < -0.4 is 15.0 Å². The first-order chi connectivity index (χ1) is 13.8. The van der Waals surface area contributed by atoms with E-state index in [1.165, 1.54) is 24.1 Å². The molecule has 0 aromatic heterocycles. The molecule has 1 saturated heterocycles. The number of hydrogen-bond donors (Lipinski definition) is 1. The second kappa shape index (κ2) is 9.34. The van der Waals surface area contributed by atoms with E-state index < -0.39 is 6.10 Å². The van der Waals surface area contributed by atoms with E-state index in [1.807, 2.05) is 32.0 Å². The lowest BCUT2D eigenvalue weighted by atomic mass is 9.99. The van der Waals surface area contributed by atoms with Crippen LogP contribution in [0.15, 0.2) is 42.5 Å². The average Bonchev–Trinajstić information content (AvgIpc) is 2.70. The maximum Gasteiger partial charge on any atom is 0.261 e. The van der Waals surface area contributed by atoms with Gasteiger partial charge in [-0.2, -0.15) is 0 Å². The molecule has 1 N–H and O–H groups in total. The van der Waals surface area contributed by atoms with Crippen LogP contribution in [0.25, 0.3) is 0 Å². The van der Waals surface area contributed by atoms with Crippen LogP contribution >= 0.6 is 0 Å². The summed E-state index contributed by atoms with van der Waals surface area (Å²) in [6.07, 6.45) is 2.03. The van der Waals surface area contributed by atoms with Crippen molar-refractivity contribution in [2.75, 3.05) is 18.0 Å². The van der Waals surface area contributed by atoms with Gasteiger partial charge in [-0.25, -0.2) is 0 Å². The van der Waals surface area contributed by atoms with Crippen molar-refractivity contribution >= 4 is 11.6 Å². The van der Waals surface area contributed by atoms with Crippen LogP contribution in [0.3, 0.4) is 0 Å². The lowest BCUT2D eigenvalue weighted by Gasteiger charge is -2.33. The highest BCUT2D eigenvalue weighted by molar-refractivity contribution is 5.81. The van der Waals surface area contributed by atoms with Gasteiger partial charge < -0.3 is 15.0 Å². The monoisotopic (exact) mass is 394 g/mol. The smallest absolute Gasteiger partial charge is 0.261 e. The summed E-state index contributed by atoms with van der Waals surface area (Å²) in [5.41, 5.74) is 4.74. The van der Waals surface area contributed by atoms with Gasteiger partial charge in [-0.15, -0.1) is 0 Å². The number of ether oxygens (including phenoxy) is 1. The zero-order chi connectivity index (χ0) is 21.0. The van der Waals surface area contributed by atoms with Crippen molar-refractivity contribution in [2.24, 2.45) is 5.92 Å². The highest BCUT2D eigenvalue weighted by Crippen LogP contribution is 2.25. The van der Waals surface area contributed by atoms with Crippen molar-refractivity contribution in [3.05, 3.63) is 59.2 Å². The zero-order valence-electron chi connectivity index (χ0n) is 18.4. The van der Waals surface area contributed by atoms with Crippen LogP contribution in [0.2, 0.25) is 0 Å². The third kappa shape index (κ3) is 5.53. The van der Waals surface area contributed by atoms with Crippen molar-refractivity contribution in [1.29, 1.82) is 0 Å². The quantitative estimate of drug-likeness (QED) is 0.733. The largest absolute Gasteiger partial charge is 0.481 e. The van der Waals surface area contributed by atoms with Crippen LogP contribution in [-0.4, -0.2) is 25.1 Å². The predicted molar refractivity (Wildman–Crippen MR) is 120 cm³/mol. The summed E-state index contributed by atoms with van der Waals surface area (Å²) < 4.78 is 5.84. The molecule has 0 aliphatic carbocycles. The minimum absolute atomic E-state index is 0.0670. The number of hydrogen-bond acceptors (Lipinski definition) is 3. The molecule has 1 amide bonds. The number of rotatable bonds is 6. The molecule has 1 heterocycles. The topological polar surface area (TPSA) is 41.6 Å². The fourth-order valence-corrected chi connectivity index (χ4v) is 3.86. The standard InChI is InChI=1S/C25H34N2O2/c1-17-7-6-14-27(16-17)23-11-9-22(10-12-23)20(4)26-25(28)21(5)29-24-13-8-18(2)19(3)15-24/h8-13,15,17,20-21H,6-7,14,16H2,1-5H3,(H,26,28)/t17-,20-,21+/m0/s1. The van der Waals surface area contributed by atoms with Gasteiger partial charge in [0.2, 0.25) is 0 Å². The fourth-order valence-electron chi connectivity index (χ4n) is 3.86. The van der Waals surface area contributed by atoms with Crippen LogP contribution in [-0.2, 0) is 4.79 Å². The van der Waals surface area contributed by atoms with Crippen molar-refractivity contribution < 1.29 is 9.53 Å². The first-order valence-electron chi connectivity index (χ1n) is 10.7. The van der Waals surface area contributed by atoms with Crippen LogP contribution in [0.5, 0.6) is 5.75 Å². The van der Waals surface area contributed by atoms with Gasteiger partial charge in [-0.3, -0.25) is 4.79 Å². The summed E-state index contributed by atoms with van der Waals surface area (Å²) in [7, 11) is 0. The van der Waals surface area contributed by atoms with Crippen LogP contribution in [0.1, 0.15) is 56.3 Å². The lowest BCUT2D eigenvalue weighted by Crippen LogP contribution is -2.37. The molecule has 2 aromatic carbocycles. The number of carbonyl (C=O) groups is 1. The lowest BCUT2D eigenvalue weighted by molar-refractivity contribution is -0.127. The summed E-state index contributed by atoms with van der Waals surface area (Å²) in [5, 5.41) is 3.07. The number of benzene rings is 2. The Bertz CT molecular complexity index is 831. The normalized spacial score (nSPS) is 18.8. The van der Waals surface area contributed by atoms with E-state index >= 15 is 0 Å². The molecule has 1 aliphatic heterocycles. The molecule has 4 heteroatoms. The molecule has 156 valence electrons. The molecular weight excluding hydrogens is 360 g/mol. The summed E-state index contributed by atoms with van der Waals surface area (Å²) in [4.78, 5) is 15.0. The highest BCUT2D eigenvalue weighted by atomic mass is 16.5. The van der Waals surface area contributed by atoms with Gasteiger partial charge in [0.05, 0.1) is 6.04 Å². The van der Waals surface area contributed by atoms with Gasteiger partial charge >= 0.3 is 0 Å². The minimum atomic E-state index is -0.548. The molecule has 3 rings (SSSR count). The molecule has 0 bridgehead atoms. The second-order valence-corrected chi connectivity index (χ2v) is 8.52. The van der Waals surface area contributed by atoms with E-state index in [0.717, 1.165) is 35.9 Å². The number of piperidine rings is 1. The Hall–Kier alpha value is -2.49. The molecule has 2 aromatic rings. The molecule has 1 fully saturated rings. The third-order valence-electron chi connectivity index (χ3n) is 5.93. The van der Waals surface area contributed by atoms with E-state index in [0.29, 0.717) is 0 Å². The molecular formula is C25H34N2O2. The number of amides is 1. The Kier molecular flexibility index (Phi) is 6.83. The molecule has 29 heavy (non-hydrogen) atoms. The first-order valence-corrected chi connectivity index (χ1v) is 10.7. The molecule has 4 nitrogen and oxygen atoms in total. The fraction of sp³-hybridized carbons (Fsp3) is 0.480. The highest BCUT2D eigenvalue weighted by Gasteiger charge is 2.19. The molecule has 0 spiro atoms. The van der Waals surface area contributed by atoms with Crippen LogP contribution in [0.4, 0.5) is 5.69 Å². The summed E-state index contributed by atoms with van der Waals surface area (Å²) >= 11 is 0. The molecule has 0 saturated carbocycles. The second-order valence-electron chi connectivity index (χ2n) is 8.52. The van der Waals surface area contributed by atoms with E-state index in [9.17, 15) is 4.79 Å². The van der Waals surface area contributed by atoms with Gasteiger partial charge in [0.15, 0.2) is 6.10 Å². The number of carbonyl (C=O) groups excluding carboxylic acids is 1. The van der Waals surface area contributed by atoms with E-state index in [1.54, 1.807) is 6.92 Å². The zero-order valence-corrected chi connectivity index (χ0v) is 18.4. The Labute approximate surface area is 175 Å². The van der Waals surface area contributed by atoms with E-state index in [4.69, 9.17) is 4.74 Å². The Morgan fingerprint density at radius 2 is 1.83 bits per heavy atom. The molecule has 3 atom stereocenters. The van der Waals surface area contributed by atoms with Crippen molar-refractivity contribution in [3.8, 4) is 5.75 Å². The van der Waals surface area contributed by atoms with E-state index in [-0.39, 0.29) is 11.9 Å². The third-order valence-corrected chi connectivity index (χ3v) is 5.93. The Balaban J connectivity index is 1.56. The van der Waals surface area contributed by atoms with Gasteiger partial charge in [-0.05, 0) is 87.4 Å². The minimum Gasteiger partial charge on any atom is -0.481 e. The number of aryl methyl sites for hydroxylation is 2.